The lowest BCUT2D eigenvalue weighted by Crippen LogP contribution is -2.23. The van der Waals surface area contributed by atoms with Crippen LogP contribution in [0.25, 0.3) is 0 Å². The highest BCUT2D eigenvalue weighted by Gasteiger charge is 2.53. The summed E-state index contributed by atoms with van der Waals surface area (Å²) >= 11 is 0. The third-order valence-electron chi connectivity index (χ3n) is 3.67. The molecule has 0 saturated heterocycles. The molecular weight excluding hydrogens is 232 g/mol. The number of hydrogen-bond acceptors (Lipinski definition) is 2. The van der Waals surface area contributed by atoms with Gasteiger partial charge in [0, 0.05) is 0 Å². The van der Waals surface area contributed by atoms with Gasteiger partial charge in [-0.25, -0.2) is 8.42 Å². The summed E-state index contributed by atoms with van der Waals surface area (Å²) in [5.41, 5.74) is 0. The predicted octanol–water partition coefficient (Wildman–Crippen LogP) is 3.57. The zero-order valence-corrected chi connectivity index (χ0v) is 11.2. The summed E-state index contributed by atoms with van der Waals surface area (Å²) in [6.45, 7) is 2.14. The van der Waals surface area contributed by atoms with Crippen molar-refractivity contribution in [3.63, 3.8) is 0 Å². The van der Waals surface area contributed by atoms with Gasteiger partial charge in [0.2, 0.25) is 0 Å². The molecule has 1 aliphatic carbocycles. The highest BCUT2D eigenvalue weighted by Crippen LogP contribution is 2.50. The first-order valence-corrected chi connectivity index (χ1v) is 7.90. The Balaban J connectivity index is 2.16. The van der Waals surface area contributed by atoms with Crippen LogP contribution in [0.15, 0.2) is 35.2 Å². The molecular formula is C14H20O2S. The number of unbranched alkanes of at least 4 members (excludes halogenated alkanes) is 2. The number of rotatable bonds is 6. The van der Waals surface area contributed by atoms with E-state index in [4.69, 9.17) is 0 Å². The molecule has 1 aromatic carbocycles. The van der Waals surface area contributed by atoms with Crippen LogP contribution < -0.4 is 0 Å². The van der Waals surface area contributed by atoms with Crippen LogP contribution in [0, 0.1) is 0 Å². The van der Waals surface area contributed by atoms with E-state index in [0.29, 0.717) is 4.90 Å². The number of sulfone groups is 1. The lowest BCUT2D eigenvalue weighted by molar-refractivity contribution is 0.554. The molecule has 17 heavy (non-hydrogen) atoms. The summed E-state index contributed by atoms with van der Waals surface area (Å²) in [7, 11) is -3.11. The van der Waals surface area contributed by atoms with Crippen molar-refractivity contribution in [2.75, 3.05) is 0 Å². The van der Waals surface area contributed by atoms with E-state index in [1.54, 1.807) is 24.3 Å². The maximum atomic E-state index is 12.5. The van der Waals surface area contributed by atoms with Gasteiger partial charge in [-0.1, -0.05) is 44.4 Å². The van der Waals surface area contributed by atoms with E-state index in [1.165, 1.54) is 0 Å². The number of hydrogen-bond donors (Lipinski definition) is 0. The Kier molecular flexibility index (Phi) is 3.57. The zero-order chi connectivity index (χ0) is 12.4. The third kappa shape index (κ3) is 2.39. The average Bonchev–Trinajstić information content (AvgIpc) is 3.12. The maximum absolute atomic E-state index is 12.5. The first kappa shape index (κ1) is 12.6. The maximum Gasteiger partial charge on any atom is 0.184 e. The van der Waals surface area contributed by atoms with Gasteiger partial charge in [0.25, 0.3) is 0 Å². The lowest BCUT2D eigenvalue weighted by Gasteiger charge is -2.16. The van der Waals surface area contributed by atoms with Crippen LogP contribution in [0.1, 0.15) is 45.4 Å². The Hall–Kier alpha value is -0.830. The van der Waals surface area contributed by atoms with Gasteiger partial charge >= 0.3 is 0 Å². The lowest BCUT2D eigenvalue weighted by atomic mass is 10.1. The second-order valence-electron chi connectivity index (χ2n) is 4.96. The minimum atomic E-state index is -3.11. The predicted molar refractivity (Wildman–Crippen MR) is 69.7 cm³/mol. The van der Waals surface area contributed by atoms with Crippen LogP contribution >= 0.6 is 0 Å². The molecule has 2 nitrogen and oxygen atoms in total. The fraction of sp³-hybridized carbons (Fsp3) is 0.571. The van der Waals surface area contributed by atoms with Crippen molar-refractivity contribution in [2.45, 2.75) is 55.1 Å². The summed E-state index contributed by atoms with van der Waals surface area (Å²) in [6.07, 6.45) is 5.82. The molecule has 0 heterocycles. The van der Waals surface area contributed by atoms with Crippen LogP contribution in [0.2, 0.25) is 0 Å². The molecule has 0 bridgehead atoms. The van der Waals surface area contributed by atoms with Crippen molar-refractivity contribution in [2.24, 2.45) is 0 Å². The molecule has 1 saturated carbocycles. The van der Waals surface area contributed by atoms with Gasteiger partial charge in [-0.05, 0) is 31.4 Å². The standard InChI is InChI=1S/C14H20O2S/c1-2-3-7-10-14(11-12-14)17(15,16)13-8-5-4-6-9-13/h4-6,8-9H,2-3,7,10-12H2,1H3. The third-order valence-corrected chi connectivity index (χ3v) is 6.31. The highest BCUT2D eigenvalue weighted by atomic mass is 32.2. The second-order valence-corrected chi connectivity index (χ2v) is 7.30. The fourth-order valence-corrected chi connectivity index (χ4v) is 4.41. The zero-order valence-electron chi connectivity index (χ0n) is 10.4. The molecule has 2 rings (SSSR count). The van der Waals surface area contributed by atoms with Gasteiger partial charge in [0.05, 0.1) is 9.64 Å². The second kappa shape index (κ2) is 4.81. The quantitative estimate of drug-likeness (QED) is 0.725. The van der Waals surface area contributed by atoms with E-state index in [0.717, 1.165) is 38.5 Å². The Labute approximate surface area is 104 Å². The molecule has 0 amide bonds. The van der Waals surface area contributed by atoms with Gasteiger partial charge in [0.15, 0.2) is 9.84 Å². The largest absolute Gasteiger partial charge is 0.223 e. The molecule has 0 spiro atoms. The first-order chi connectivity index (χ1) is 8.12. The summed E-state index contributed by atoms with van der Waals surface area (Å²) in [6, 6.07) is 8.89. The van der Waals surface area contributed by atoms with Gasteiger partial charge in [-0.15, -0.1) is 0 Å². The van der Waals surface area contributed by atoms with Crippen LogP contribution in [0.3, 0.4) is 0 Å². The molecule has 1 fully saturated rings. The molecule has 0 N–H and O–H groups in total. The van der Waals surface area contributed by atoms with Crippen LogP contribution in [-0.2, 0) is 9.84 Å². The van der Waals surface area contributed by atoms with Crippen molar-refractivity contribution in [1.82, 2.24) is 0 Å². The van der Waals surface area contributed by atoms with Crippen molar-refractivity contribution in [3.8, 4) is 0 Å². The Morgan fingerprint density at radius 3 is 2.29 bits per heavy atom. The van der Waals surface area contributed by atoms with Gasteiger partial charge < -0.3 is 0 Å². The SMILES string of the molecule is CCCCCC1(S(=O)(=O)c2ccccc2)CC1. The first-order valence-electron chi connectivity index (χ1n) is 6.42. The topological polar surface area (TPSA) is 34.1 Å². The van der Waals surface area contributed by atoms with Crippen molar-refractivity contribution < 1.29 is 8.42 Å². The Bertz CT molecular complexity index is 458. The Morgan fingerprint density at radius 2 is 1.76 bits per heavy atom. The molecule has 3 heteroatoms. The minimum absolute atomic E-state index is 0.427. The van der Waals surface area contributed by atoms with E-state index < -0.39 is 14.6 Å². The molecule has 1 aromatic rings. The van der Waals surface area contributed by atoms with Crippen molar-refractivity contribution in [1.29, 1.82) is 0 Å². The van der Waals surface area contributed by atoms with Gasteiger partial charge in [-0.3, -0.25) is 0 Å². The van der Waals surface area contributed by atoms with E-state index >= 15 is 0 Å². The summed E-state index contributed by atoms with van der Waals surface area (Å²) in [5, 5.41) is 0. The molecule has 94 valence electrons. The fourth-order valence-electron chi connectivity index (χ4n) is 2.34. The summed E-state index contributed by atoms with van der Waals surface area (Å²) < 4.78 is 24.6. The van der Waals surface area contributed by atoms with Gasteiger partial charge in [-0.2, -0.15) is 0 Å². The van der Waals surface area contributed by atoms with Crippen LogP contribution in [0.5, 0.6) is 0 Å². The van der Waals surface area contributed by atoms with Crippen LogP contribution in [-0.4, -0.2) is 13.2 Å². The number of benzene rings is 1. The molecule has 0 atom stereocenters. The van der Waals surface area contributed by atoms with Crippen molar-refractivity contribution in [3.05, 3.63) is 30.3 Å². The van der Waals surface area contributed by atoms with Gasteiger partial charge in [0.1, 0.15) is 0 Å². The summed E-state index contributed by atoms with van der Waals surface area (Å²) in [5.74, 6) is 0. The molecule has 1 aliphatic rings. The smallest absolute Gasteiger partial charge is 0.184 e. The monoisotopic (exact) mass is 252 g/mol. The van der Waals surface area contributed by atoms with E-state index in [-0.39, 0.29) is 0 Å². The molecule has 0 aromatic heterocycles. The minimum Gasteiger partial charge on any atom is -0.223 e. The molecule has 0 radical (unpaired) electrons. The summed E-state index contributed by atoms with van der Waals surface area (Å²) in [4.78, 5) is 0.494. The van der Waals surface area contributed by atoms with E-state index in [1.807, 2.05) is 6.07 Å². The van der Waals surface area contributed by atoms with Crippen molar-refractivity contribution >= 4 is 9.84 Å². The van der Waals surface area contributed by atoms with E-state index in [9.17, 15) is 8.42 Å². The Morgan fingerprint density at radius 1 is 1.12 bits per heavy atom. The van der Waals surface area contributed by atoms with E-state index in [2.05, 4.69) is 6.92 Å². The molecule has 0 unspecified atom stereocenters. The normalized spacial score (nSPS) is 17.9. The van der Waals surface area contributed by atoms with Crippen LogP contribution in [0.4, 0.5) is 0 Å². The molecule has 0 aliphatic heterocycles. The average molecular weight is 252 g/mol. The highest BCUT2D eigenvalue weighted by molar-refractivity contribution is 7.93.